The van der Waals surface area contributed by atoms with Gasteiger partial charge in [-0.05, 0) is 23.6 Å². The lowest BCUT2D eigenvalue weighted by molar-refractivity contribution is 0.421. The van der Waals surface area contributed by atoms with E-state index in [1.54, 1.807) is 6.07 Å². The molecule has 1 aromatic carbocycles. The molecule has 0 aliphatic heterocycles. The lowest BCUT2D eigenvalue weighted by Crippen LogP contribution is -2.15. The van der Waals surface area contributed by atoms with Gasteiger partial charge in [0.05, 0.1) is 5.39 Å². The monoisotopic (exact) mass is 244 g/mol. The molecule has 0 aliphatic rings. The van der Waals surface area contributed by atoms with E-state index < -0.39 is 0 Å². The Morgan fingerprint density at radius 1 is 1.11 bits per heavy atom. The number of hydrogen-bond donors (Lipinski definition) is 0. The molecule has 0 bridgehead atoms. The Kier molecular flexibility index (Phi) is 3.05. The van der Waals surface area contributed by atoms with Gasteiger partial charge in [0.25, 0.3) is 0 Å². The van der Waals surface area contributed by atoms with Crippen molar-refractivity contribution in [3.63, 3.8) is 0 Å². The molecule has 0 atom stereocenters. The Bertz CT molecular complexity index is 628. The second-order valence-electron chi connectivity index (χ2n) is 6.14. The summed E-state index contributed by atoms with van der Waals surface area (Å²) in [5, 5.41) is 0.675. The summed E-state index contributed by atoms with van der Waals surface area (Å²) in [6.07, 6.45) is 0. The standard InChI is InChI=1S/C16H20O2/c1-10(2)11-6-7-14-12(8-11)13(17)9-15(18-14)16(3,4)5/h6-10H,1-5H3. The summed E-state index contributed by atoms with van der Waals surface area (Å²) in [7, 11) is 0. The molecule has 0 radical (unpaired) electrons. The van der Waals surface area contributed by atoms with Crippen LogP contribution in [0.2, 0.25) is 0 Å². The van der Waals surface area contributed by atoms with Crippen LogP contribution in [-0.4, -0.2) is 0 Å². The molecule has 2 nitrogen and oxygen atoms in total. The maximum absolute atomic E-state index is 12.2. The number of benzene rings is 1. The Labute approximate surface area is 108 Å². The van der Waals surface area contributed by atoms with Crippen molar-refractivity contribution in [2.75, 3.05) is 0 Å². The predicted molar refractivity (Wildman–Crippen MR) is 75.3 cm³/mol. The molecule has 0 saturated carbocycles. The molecular weight excluding hydrogens is 224 g/mol. The average molecular weight is 244 g/mol. The predicted octanol–water partition coefficient (Wildman–Crippen LogP) is 4.21. The summed E-state index contributed by atoms with van der Waals surface area (Å²) in [5.74, 6) is 1.15. The van der Waals surface area contributed by atoms with Crippen LogP contribution in [0.25, 0.3) is 11.0 Å². The molecule has 2 aromatic rings. The molecule has 0 spiro atoms. The maximum Gasteiger partial charge on any atom is 0.192 e. The van der Waals surface area contributed by atoms with Crippen LogP contribution in [0.4, 0.5) is 0 Å². The first-order valence-electron chi connectivity index (χ1n) is 6.37. The number of hydrogen-bond acceptors (Lipinski definition) is 2. The van der Waals surface area contributed by atoms with Gasteiger partial charge in [-0.25, -0.2) is 0 Å². The zero-order valence-corrected chi connectivity index (χ0v) is 11.7. The highest BCUT2D eigenvalue weighted by Gasteiger charge is 2.18. The van der Waals surface area contributed by atoms with Gasteiger partial charge >= 0.3 is 0 Å². The molecule has 0 fully saturated rings. The number of fused-ring (bicyclic) bond motifs is 1. The SMILES string of the molecule is CC(C)c1ccc2oc(C(C)(C)C)cc(=O)c2c1. The molecule has 18 heavy (non-hydrogen) atoms. The van der Waals surface area contributed by atoms with Gasteiger partial charge in [0.2, 0.25) is 0 Å². The van der Waals surface area contributed by atoms with Crippen molar-refractivity contribution in [1.29, 1.82) is 0 Å². The van der Waals surface area contributed by atoms with E-state index in [1.807, 2.05) is 39.0 Å². The van der Waals surface area contributed by atoms with Gasteiger partial charge in [-0.2, -0.15) is 0 Å². The third kappa shape index (κ3) is 2.33. The lowest BCUT2D eigenvalue weighted by atomic mass is 9.92. The molecule has 2 rings (SSSR count). The summed E-state index contributed by atoms with van der Waals surface area (Å²) in [6, 6.07) is 7.49. The highest BCUT2D eigenvalue weighted by Crippen LogP contribution is 2.25. The van der Waals surface area contributed by atoms with Crippen LogP contribution in [-0.2, 0) is 5.41 Å². The Morgan fingerprint density at radius 2 is 1.78 bits per heavy atom. The fourth-order valence-electron chi connectivity index (χ4n) is 1.90. The van der Waals surface area contributed by atoms with Gasteiger partial charge in [-0.15, -0.1) is 0 Å². The second-order valence-corrected chi connectivity index (χ2v) is 6.14. The molecule has 0 saturated heterocycles. The van der Waals surface area contributed by atoms with Gasteiger partial charge < -0.3 is 4.42 Å². The van der Waals surface area contributed by atoms with Gasteiger partial charge in [-0.1, -0.05) is 40.7 Å². The van der Waals surface area contributed by atoms with Crippen molar-refractivity contribution in [2.45, 2.75) is 46.0 Å². The van der Waals surface area contributed by atoms with Crippen LogP contribution in [0.15, 0.2) is 33.5 Å². The van der Waals surface area contributed by atoms with Crippen molar-refractivity contribution in [1.82, 2.24) is 0 Å². The van der Waals surface area contributed by atoms with E-state index in [0.29, 0.717) is 16.9 Å². The van der Waals surface area contributed by atoms with Gasteiger partial charge in [0.1, 0.15) is 11.3 Å². The van der Waals surface area contributed by atoms with Crippen molar-refractivity contribution >= 4 is 11.0 Å². The largest absolute Gasteiger partial charge is 0.460 e. The highest BCUT2D eigenvalue weighted by atomic mass is 16.3. The first kappa shape index (κ1) is 12.9. The van der Waals surface area contributed by atoms with Crippen molar-refractivity contribution in [2.24, 2.45) is 0 Å². The van der Waals surface area contributed by atoms with E-state index in [0.717, 1.165) is 5.76 Å². The van der Waals surface area contributed by atoms with Crippen molar-refractivity contribution < 1.29 is 4.42 Å². The molecule has 1 heterocycles. The van der Waals surface area contributed by atoms with Crippen LogP contribution >= 0.6 is 0 Å². The molecule has 96 valence electrons. The molecule has 1 aromatic heterocycles. The van der Waals surface area contributed by atoms with Crippen LogP contribution in [0.3, 0.4) is 0 Å². The normalized spacial score (nSPS) is 12.3. The average Bonchev–Trinajstić information content (AvgIpc) is 2.27. The molecular formula is C16H20O2. The Morgan fingerprint density at radius 3 is 2.33 bits per heavy atom. The van der Waals surface area contributed by atoms with Crippen molar-refractivity contribution in [3.8, 4) is 0 Å². The Hall–Kier alpha value is -1.57. The fraction of sp³-hybridized carbons (Fsp3) is 0.438. The summed E-state index contributed by atoms with van der Waals surface area (Å²) in [4.78, 5) is 12.2. The first-order chi connectivity index (χ1) is 8.29. The molecule has 0 N–H and O–H groups in total. The molecule has 0 aliphatic carbocycles. The molecule has 0 amide bonds. The van der Waals surface area contributed by atoms with E-state index >= 15 is 0 Å². The van der Waals surface area contributed by atoms with E-state index in [4.69, 9.17) is 4.42 Å². The van der Waals surface area contributed by atoms with E-state index in [9.17, 15) is 4.79 Å². The second kappa shape index (κ2) is 4.27. The zero-order valence-electron chi connectivity index (χ0n) is 11.7. The summed E-state index contributed by atoms with van der Waals surface area (Å²) in [6.45, 7) is 10.4. The number of rotatable bonds is 1. The smallest absolute Gasteiger partial charge is 0.192 e. The van der Waals surface area contributed by atoms with Gasteiger partial charge in [-0.3, -0.25) is 4.79 Å². The molecule has 0 unspecified atom stereocenters. The van der Waals surface area contributed by atoms with Gasteiger partial charge in [0, 0.05) is 11.5 Å². The van der Waals surface area contributed by atoms with Crippen LogP contribution in [0, 0.1) is 0 Å². The van der Waals surface area contributed by atoms with Crippen molar-refractivity contribution in [3.05, 3.63) is 45.8 Å². The van der Waals surface area contributed by atoms with E-state index in [1.165, 1.54) is 5.56 Å². The summed E-state index contributed by atoms with van der Waals surface area (Å²) >= 11 is 0. The first-order valence-corrected chi connectivity index (χ1v) is 6.37. The Balaban J connectivity index is 2.70. The minimum atomic E-state index is -0.149. The van der Waals surface area contributed by atoms with Gasteiger partial charge in [0.15, 0.2) is 5.43 Å². The van der Waals surface area contributed by atoms with Crippen LogP contribution in [0.1, 0.15) is 51.9 Å². The van der Waals surface area contributed by atoms with Crippen LogP contribution < -0.4 is 5.43 Å². The topological polar surface area (TPSA) is 30.2 Å². The van der Waals surface area contributed by atoms with E-state index in [-0.39, 0.29) is 10.8 Å². The third-order valence-electron chi connectivity index (χ3n) is 3.16. The summed E-state index contributed by atoms with van der Waals surface area (Å²) < 4.78 is 5.84. The minimum absolute atomic E-state index is 0.0451. The lowest BCUT2D eigenvalue weighted by Gasteiger charge is -2.17. The summed E-state index contributed by atoms with van der Waals surface area (Å²) in [5.41, 5.74) is 1.74. The maximum atomic E-state index is 12.2. The third-order valence-corrected chi connectivity index (χ3v) is 3.16. The fourth-order valence-corrected chi connectivity index (χ4v) is 1.90. The highest BCUT2D eigenvalue weighted by molar-refractivity contribution is 5.77. The zero-order chi connectivity index (χ0) is 13.5. The van der Waals surface area contributed by atoms with E-state index in [2.05, 4.69) is 13.8 Å². The van der Waals surface area contributed by atoms with Crippen LogP contribution in [0.5, 0.6) is 0 Å². The quantitative estimate of drug-likeness (QED) is 0.752. The minimum Gasteiger partial charge on any atom is -0.460 e. The molecule has 2 heteroatoms.